The minimum atomic E-state index is -0.843. The number of carbonyl (C=O) groups excluding carboxylic acids is 1. The van der Waals surface area contributed by atoms with Gasteiger partial charge in [0.05, 0.1) is 12.1 Å². The van der Waals surface area contributed by atoms with Gasteiger partial charge in [-0.1, -0.05) is 49.6 Å². The molecule has 0 saturated heterocycles. The summed E-state index contributed by atoms with van der Waals surface area (Å²) in [6, 6.07) is 12.5. The Bertz CT molecular complexity index is 886. The Hall–Kier alpha value is -2.96. The van der Waals surface area contributed by atoms with Gasteiger partial charge in [-0.3, -0.25) is 14.4 Å². The van der Waals surface area contributed by atoms with Gasteiger partial charge in [-0.25, -0.2) is 4.68 Å². The predicted molar refractivity (Wildman–Crippen MR) is 105 cm³/mol. The lowest BCUT2D eigenvalue weighted by Crippen LogP contribution is -2.42. The molecule has 1 aliphatic rings. The van der Waals surface area contributed by atoms with Crippen molar-refractivity contribution in [1.29, 1.82) is 0 Å². The number of nitrogens with zero attached hydrogens (tertiary/aromatic N) is 2. The minimum absolute atomic E-state index is 0.0506. The molecule has 148 valence electrons. The third-order valence-corrected chi connectivity index (χ3v) is 5.33. The van der Waals surface area contributed by atoms with Crippen LogP contribution in [0, 0.1) is 5.41 Å². The summed E-state index contributed by atoms with van der Waals surface area (Å²) in [5.74, 6) is -1.18. The lowest BCUT2D eigenvalue weighted by atomic mass is 9.71. The van der Waals surface area contributed by atoms with E-state index in [1.165, 1.54) is 6.07 Å². The van der Waals surface area contributed by atoms with Crippen molar-refractivity contribution in [3.63, 3.8) is 0 Å². The molecule has 2 aromatic rings. The number of carbonyl (C=O) groups is 2. The Morgan fingerprint density at radius 2 is 1.79 bits per heavy atom. The molecule has 0 atom stereocenters. The number of hydrogen-bond donors (Lipinski definition) is 2. The fourth-order valence-corrected chi connectivity index (χ4v) is 3.84. The van der Waals surface area contributed by atoms with Gasteiger partial charge in [0.2, 0.25) is 5.91 Å². The fraction of sp³-hybridized carbons (Fsp3) is 0.429. The third-order valence-electron chi connectivity index (χ3n) is 5.33. The van der Waals surface area contributed by atoms with Crippen molar-refractivity contribution in [1.82, 2.24) is 15.1 Å². The van der Waals surface area contributed by atoms with E-state index >= 15 is 0 Å². The maximum absolute atomic E-state index is 12.4. The van der Waals surface area contributed by atoms with Crippen LogP contribution in [-0.2, 0) is 16.1 Å². The molecule has 0 unspecified atom stereocenters. The van der Waals surface area contributed by atoms with Crippen LogP contribution in [0.5, 0.6) is 0 Å². The first kappa shape index (κ1) is 19.8. The van der Waals surface area contributed by atoms with Crippen molar-refractivity contribution in [3.8, 4) is 11.3 Å². The second kappa shape index (κ2) is 8.82. The first-order chi connectivity index (χ1) is 13.5. The van der Waals surface area contributed by atoms with E-state index in [0.717, 1.165) is 42.3 Å². The van der Waals surface area contributed by atoms with Crippen LogP contribution in [0.1, 0.15) is 38.5 Å². The average Bonchev–Trinajstić information content (AvgIpc) is 2.69. The van der Waals surface area contributed by atoms with E-state index < -0.39 is 11.4 Å². The highest BCUT2D eigenvalue weighted by Crippen LogP contribution is 2.38. The molecule has 7 heteroatoms. The summed E-state index contributed by atoms with van der Waals surface area (Å²) in [6.07, 6.45) is 4.69. The molecule has 0 spiro atoms. The fourth-order valence-electron chi connectivity index (χ4n) is 3.84. The molecule has 1 saturated carbocycles. The van der Waals surface area contributed by atoms with Crippen LogP contribution in [0.25, 0.3) is 11.3 Å². The number of rotatable bonds is 7. The number of nitrogens with one attached hydrogen (secondary N) is 1. The Morgan fingerprint density at radius 1 is 1.07 bits per heavy atom. The molecule has 2 N–H and O–H groups in total. The molecule has 0 aliphatic heterocycles. The first-order valence-corrected chi connectivity index (χ1v) is 9.60. The summed E-state index contributed by atoms with van der Waals surface area (Å²) in [5, 5.41) is 16.4. The van der Waals surface area contributed by atoms with Crippen molar-refractivity contribution in [2.45, 2.75) is 45.1 Å². The smallest absolute Gasteiger partial charge is 0.303 e. The van der Waals surface area contributed by atoms with E-state index in [0.29, 0.717) is 12.2 Å². The molecule has 1 amide bonds. The summed E-state index contributed by atoms with van der Waals surface area (Å²) in [7, 11) is 0. The van der Waals surface area contributed by atoms with Crippen molar-refractivity contribution < 1.29 is 14.7 Å². The van der Waals surface area contributed by atoms with Crippen LogP contribution in [0.3, 0.4) is 0 Å². The Morgan fingerprint density at radius 3 is 2.46 bits per heavy atom. The van der Waals surface area contributed by atoms with Crippen molar-refractivity contribution in [2.75, 3.05) is 6.54 Å². The second-order valence-corrected chi connectivity index (χ2v) is 7.49. The van der Waals surface area contributed by atoms with E-state index in [1.54, 1.807) is 6.07 Å². The SMILES string of the molecule is O=C(O)CC1(CNC(=O)Cn2nc(-c3ccccc3)ccc2=O)CCCCC1. The zero-order chi connectivity index (χ0) is 20.0. The van der Waals surface area contributed by atoms with Gasteiger partial charge < -0.3 is 10.4 Å². The summed E-state index contributed by atoms with van der Waals surface area (Å²) in [6.45, 7) is 0.119. The second-order valence-electron chi connectivity index (χ2n) is 7.49. The standard InChI is InChI=1S/C21H25N3O4/c25-18(22-15-21(13-20(27)28)11-5-2-6-12-21)14-24-19(26)10-9-17(23-24)16-7-3-1-4-8-16/h1,3-4,7-10H,2,5-6,11-15H2,(H,22,25)(H,27,28). The Labute approximate surface area is 163 Å². The molecule has 1 fully saturated rings. The quantitative estimate of drug-likeness (QED) is 0.765. The molecule has 1 aliphatic carbocycles. The predicted octanol–water partition coefficient (Wildman–Crippen LogP) is 2.45. The van der Waals surface area contributed by atoms with Crippen LogP contribution < -0.4 is 10.9 Å². The first-order valence-electron chi connectivity index (χ1n) is 9.60. The van der Waals surface area contributed by atoms with Crippen LogP contribution >= 0.6 is 0 Å². The van der Waals surface area contributed by atoms with E-state index in [1.807, 2.05) is 30.3 Å². The number of aromatic nitrogens is 2. The summed E-state index contributed by atoms with van der Waals surface area (Å²) in [4.78, 5) is 35.8. The Kier molecular flexibility index (Phi) is 6.23. The number of aliphatic carboxylic acids is 1. The number of hydrogen-bond acceptors (Lipinski definition) is 4. The van der Waals surface area contributed by atoms with Gasteiger partial charge in [-0.05, 0) is 24.3 Å². The van der Waals surface area contributed by atoms with Gasteiger partial charge in [-0.15, -0.1) is 0 Å². The largest absolute Gasteiger partial charge is 0.481 e. The third kappa shape index (κ3) is 5.06. The van der Waals surface area contributed by atoms with Crippen LogP contribution in [0.15, 0.2) is 47.3 Å². The van der Waals surface area contributed by atoms with Crippen molar-refractivity contribution in [3.05, 3.63) is 52.8 Å². The molecule has 1 aromatic carbocycles. The van der Waals surface area contributed by atoms with Crippen LogP contribution in [0.4, 0.5) is 0 Å². The topological polar surface area (TPSA) is 101 Å². The molecular weight excluding hydrogens is 358 g/mol. The Balaban J connectivity index is 1.67. The molecular formula is C21H25N3O4. The highest BCUT2D eigenvalue weighted by molar-refractivity contribution is 5.76. The lowest BCUT2D eigenvalue weighted by Gasteiger charge is -2.36. The van der Waals surface area contributed by atoms with Gasteiger partial charge in [0.1, 0.15) is 6.54 Å². The maximum atomic E-state index is 12.4. The van der Waals surface area contributed by atoms with E-state index in [4.69, 9.17) is 0 Å². The van der Waals surface area contributed by atoms with Gasteiger partial charge >= 0.3 is 5.97 Å². The zero-order valence-corrected chi connectivity index (χ0v) is 15.8. The summed E-state index contributed by atoms with van der Waals surface area (Å²) in [5.41, 5.74) is 0.721. The summed E-state index contributed by atoms with van der Waals surface area (Å²) >= 11 is 0. The average molecular weight is 383 g/mol. The maximum Gasteiger partial charge on any atom is 0.303 e. The lowest BCUT2D eigenvalue weighted by molar-refractivity contribution is -0.140. The molecule has 1 heterocycles. The van der Waals surface area contributed by atoms with Crippen molar-refractivity contribution >= 4 is 11.9 Å². The van der Waals surface area contributed by atoms with Crippen LogP contribution in [0.2, 0.25) is 0 Å². The van der Waals surface area contributed by atoms with E-state index in [9.17, 15) is 19.5 Å². The van der Waals surface area contributed by atoms with Gasteiger partial charge in [0, 0.05) is 18.2 Å². The molecule has 28 heavy (non-hydrogen) atoms. The highest BCUT2D eigenvalue weighted by Gasteiger charge is 2.34. The highest BCUT2D eigenvalue weighted by atomic mass is 16.4. The van der Waals surface area contributed by atoms with Gasteiger partial charge in [0.25, 0.3) is 5.56 Å². The van der Waals surface area contributed by atoms with Crippen LogP contribution in [-0.4, -0.2) is 33.3 Å². The summed E-state index contributed by atoms with van der Waals surface area (Å²) < 4.78 is 1.14. The van der Waals surface area contributed by atoms with Crippen molar-refractivity contribution in [2.24, 2.45) is 5.41 Å². The molecule has 0 radical (unpaired) electrons. The molecule has 7 nitrogen and oxygen atoms in total. The minimum Gasteiger partial charge on any atom is -0.481 e. The number of benzene rings is 1. The molecule has 3 rings (SSSR count). The number of carboxylic acids is 1. The van der Waals surface area contributed by atoms with Gasteiger partial charge in [-0.2, -0.15) is 5.10 Å². The monoisotopic (exact) mass is 383 g/mol. The van der Waals surface area contributed by atoms with E-state index in [-0.39, 0.29) is 24.4 Å². The molecule has 0 bridgehead atoms. The molecule has 1 aromatic heterocycles. The van der Waals surface area contributed by atoms with Gasteiger partial charge in [0.15, 0.2) is 0 Å². The normalized spacial score (nSPS) is 15.7. The number of amides is 1. The van der Waals surface area contributed by atoms with E-state index in [2.05, 4.69) is 10.4 Å². The zero-order valence-electron chi connectivity index (χ0n) is 15.8. The number of carboxylic acid groups (broad SMARTS) is 1.